The van der Waals surface area contributed by atoms with Crippen molar-refractivity contribution in [2.45, 2.75) is 79.2 Å². The summed E-state index contributed by atoms with van der Waals surface area (Å²) in [5, 5.41) is 3.60. The summed E-state index contributed by atoms with van der Waals surface area (Å²) in [7, 11) is 0. The highest BCUT2D eigenvalue weighted by Gasteiger charge is 2.31. The highest BCUT2D eigenvalue weighted by molar-refractivity contribution is 4.86. The third-order valence-electron chi connectivity index (χ3n) is 4.68. The first-order chi connectivity index (χ1) is 9.50. The Morgan fingerprint density at radius 3 is 2.35 bits per heavy atom. The van der Waals surface area contributed by atoms with Crippen LogP contribution in [-0.2, 0) is 0 Å². The lowest BCUT2D eigenvalue weighted by atomic mass is 9.84. The summed E-state index contributed by atoms with van der Waals surface area (Å²) in [5.41, 5.74) is 0.433. The summed E-state index contributed by atoms with van der Waals surface area (Å²) in [4.78, 5) is 2.82. The van der Waals surface area contributed by atoms with E-state index in [-0.39, 0.29) is 0 Å². The maximum Gasteiger partial charge on any atom is 0.00956 e. The molecule has 0 radical (unpaired) electrons. The maximum atomic E-state index is 3.60. The molecule has 0 spiro atoms. The molecule has 1 saturated carbocycles. The molecule has 1 fully saturated rings. The van der Waals surface area contributed by atoms with Crippen molar-refractivity contribution < 1.29 is 0 Å². The van der Waals surface area contributed by atoms with Gasteiger partial charge in [0, 0.05) is 25.7 Å². The van der Waals surface area contributed by atoms with Crippen molar-refractivity contribution in [1.82, 2.24) is 10.2 Å². The SMILES string of the molecule is CCCC(C)(CNCC)CN(CC(C)C)C1CCCC1. The van der Waals surface area contributed by atoms with E-state index in [0.29, 0.717) is 5.41 Å². The van der Waals surface area contributed by atoms with Crippen LogP contribution in [0.4, 0.5) is 0 Å². The Morgan fingerprint density at radius 2 is 1.85 bits per heavy atom. The molecule has 1 rings (SSSR count). The van der Waals surface area contributed by atoms with Crippen molar-refractivity contribution >= 4 is 0 Å². The fourth-order valence-electron chi connectivity index (χ4n) is 3.83. The van der Waals surface area contributed by atoms with E-state index in [1.807, 2.05) is 0 Å². The average molecular weight is 283 g/mol. The van der Waals surface area contributed by atoms with Crippen LogP contribution in [0, 0.1) is 11.3 Å². The summed E-state index contributed by atoms with van der Waals surface area (Å²) >= 11 is 0. The van der Waals surface area contributed by atoms with E-state index >= 15 is 0 Å². The Kier molecular flexibility index (Phi) is 8.13. The van der Waals surface area contributed by atoms with Crippen LogP contribution in [-0.4, -0.2) is 37.1 Å². The Morgan fingerprint density at radius 1 is 1.20 bits per heavy atom. The van der Waals surface area contributed by atoms with Gasteiger partial charge in [-0.05, 0) is 37.1 Å². The summed E-state index contributed by atoms with van der Waals surface area (Å²) in [5.74, 6) is 0.778. The minimum Gasteiger partial charge on any atom is -0.316 e. The predicted octanol–water partition coefficient (Wildman–Crippen LogP) is 4.30. The monoisotopic (exact) mass is 282 g/mol. The third-order valence-corrected chi connectivity index (χ3v) is 4.68. The highest BCUT2D eigenvalue weighted by Crippen LogP contribution is 2.30. The molecule has 20 heavy (non-hydrogen) atoms. The zero-order valence-corrected chi connectivity index (χ0v) is 14.7. The molecule has 0 aliphatic heterocycles. The van der Waals surface area contributed by atoms with Crippen molar-refractivity contribution in [3.8, 4) is 0 Å². The molecule has 0 amide bonds. The minimum atomic E-state index is 0.433. The second kappa shape index (κ2) is 9.04. The molecule has 0 aromatic heterocycles. The predicted molar refractivity (Wildman–Crippen MR) is 90.2 cm³/mol. The van der Waals surface area contributed by atoms with Crippen LogP contribution in [0.5, 0.6) is 0 Å². The van der Waals surface area contributed by atoms with Gasteiger partial charge in [-0.3, -0.25) is 4.90 Å². The lowest BCUT2D eigenvalue weighted by molar-refractivity contribution is 0.0991. The van der Waals surface area contributed by atoms with Gasteiger partial charge in [-0.25, -0.2) is 0 Å². The van der Waals surface area contributed by atoms with E-state index in [0.717, 1.165) is 18.5 Å². The molecule has 1 atom stereocenters. The Bertz CT molecular complexity index is 246. The maximum absolute atomic E-state index is 3.60. The normalized spacial score (nSPS) is 19.9. The smallest absolute Gasteiger partial charge is 0.00956 e. The Balaban J connectivity index is 2.66. The largest absolute Gasteiger partial charge is 0.316 e. The van der Waals surface area contributed by atoms with Crippen molar-refractivity contribution in [3.05, 3.63) is 0 Å². The molecule has 2 heteroatoms. The lowest BCUT2D eigenvalue weighted by Crippen LogP contribution is -2.47. The molecule has 1 aliphatic rings. The van der Waals surface area contributed by atoms with Crippen molar-refractivity contribution in [2.75, 3.05) is 26.2 Å². The molecule has 0 bridgehead atoms. The quantitative estimate of drug-likeness (QED) is 0.642. The van der Waals surface area contributed by atoms with E-state index in [1.165, 1.54) is 58.2 Å². The van der Waals surface area contributed by atoms with Crippen molar-refractivity contribution in [1.29, 1.82) is 0 Å². The van der Waals surface area contributed by atoms with E-state index in [1.54, 1.807) is 0 Å². The van der Waals surface area contributed by atoms with Gasteiger partial charge in [0.25, 0.3) is 0 Å². The van der Waals surface area contributed by atoms with E-state index in [9.17, 15) is 0 Å². The summed E-state index contributed by atoms with van der Waals surface area (Å²) < 4.78 is 0. The van der Waals surface area contributed by atoms with E-state index in [4.69, 9.17) is 0 Å². The van der Waals surface area contributed by atoms with Gasteiger partial charge in [0.15, 0.2) is 0 Å². The molecule has 0 saturated heterocycles. The van der Waals surface area contributed by atoms with Crippen LogP contribution >= 0.6 is 0 Å². The summed E-state index contributed by atoms with van der Waals surface area (Å²) in [6, 6.07) is 0.857. The van der Waals surface area contributed by atoms with Crippen molar-refractivity contribution in [2.24, 2.45) is 11.3 Å². The Hall–Kier alpha value is -0.0800. The summed E-state index contributed by atoms with van der Waals surface area (Å²) in [6.45, 7) is 16.6. The molecule has 0 heterocycles. The van der Waals surface area contributed by atoms with Gasteiger partial charge in [-0.2, -0.15) is 0 Å². The summed E-state index contributed by atoms with van der Waals surface area (Å²) in [6.07, 6.45) is 8.36. The van der Waals surface area contributed by atoms with E-state index < -0.39 is 0 Å². The molecular weight excluding hydrogens is 244 g/mol. The third kappa shape index (κ3) is 6.13. The first kappa shape index (κ1) is 18.0. The van der Waals surface area contributed by atoms with Gasteiger partial charge in [0.2, 0.25) is 0 Å². The van der Waals surface area contributed by atoms with Gasteiger partial charge >= 0.3 is 0 Å². The zero-order chi connectivity index (χ0) is 15.0. The number of nitrogens with one attached hydrogen (secondary N) is 1. The van der Waals surface area contributed by atoms with Gasteiger partial charge in [-0.1, -0.05) is 53.9 Å². The van der Waals surface area contributed by atoms with Crippen LogP contribution in [0.15, 0.2) is 0 Å². The van der Waals surface area contributed by atoms with Crippen LogP contribution in [0.3, 0.4) is 0 Å². The molecule has 0 aromatic rings. The molecular formula is C18H38N2. The molecule has 1 N–H and O–H groups in total. The second-order valence-electron chi connectivity index (χ2n) is 7.60. The van der Waals surface area contributed by atoms with Gasteiger partial charge in [0.05, 0.1) is 0 Å². The van der Waals surface area contributed by atoms with Crippen LogP contribution in [0.1, 0.15) is 73.1 Å². The molecule has 1 unspecified atom stereocenters. The minimum absolute atomic E-state index is 0.433. The van der Waals surface area contributed by atoms with Crippen LogP contribution in [0.25, 0.3) is 0 Å². The van der Waals surface area contributed by atoms with Crippen LogP contribution in [0.2, 0.25) is 0 Å². The van der Waals surface area contributed by atoms with Gasteiger partial charge in [0.1, 0.15) is 0 Å². The molecule has 1 aliphatic carbocycles. The van der Waals surface area contributed by atoms with Gasteiger partial charge < -0.3 is 5.32 Å². The molecule has 120 valence electrons. The second-order valence-corrected chi connectivity index (χ2v) is 7.60. The van der Waals surface area contributed by atoms with Gasteiger partial charge in [-0.15, -0.1) is 0 Å². The zero-order valence-electron chi connectivity index (χ0n) is 14.7. The standard InChI is InChI=1S/C18H38N2/c1-6-12-18(5,14-19-7-2)15-20(13-16(3)4)17-10-8-9-11-17/h16-17,19H,6-15H2,1-5H3. The molecule has 2 nitrogen and oxygen atoms in total. The fraction of sp³-hybridized carbons (Fsp3) is 1.00. The number of hydrogen-bond donors (Lipinski definition) is 1. The fourth-order valence-corrected chi connectivity index (χ4v) is 3.83. The highest BCUT2D eigenvalue weighted by atomic mass is 15.2. The number of hydrogen-bond acceptors (Lipinski definition) is 2. The van der Waals surface area contributed by atoms with Crippen LogP contribution < -0.4 is 5.32 Å². The van der Waals surface area contributed by atoms with E-state index in [2.05, 4.69) is 44.8 Å². The lowest BCUT2D eigenvalue weighted by Gasteiger charge is -2.39. The topological polar surface area (TPSA) is 15.3 Å². The molecule has 0 aromatic carbocycles. The first-order valence-electron chi connectivity index (χ1n) is 8.95. The number of nitrogens with zero attached hydrogens (tertiary/aromatic N) is 1. The number of rotatable bonds is 10. The van der Waals surface area contributed by atoms with Crippen molar-refractivity contribution in [3.63, 3.8) is 0 Å². The first-order valence-corrected chi connectivity index (χ1v) is 8.95. The Labute approximate surface area is 127 Å². The average Bonchev–Trinajstić information content (AvgIpc) is 2.89.